The molecule has 1 N–H and O–H groups in total. The molecule has 0 aliphatic carbocycles. The molecule has 0 atom stereocenters. The predicted octanol–water partition coefficient (Wildman–Crippen LogP) is 2.47. The van der Waals surface area contributed by atoms with Crippen LogP contribution in [0, 0.1) is 0 Å². The second-order valence-electron chi connectivity index (χ2n) is 4.61. The first-order valence-electron chi connectivity index (χ1n) is 5.12. The van der Waals surface area contributed by atoms with Crippen molar-refractivity contribution in [2.75, 3.05) is 7.05 Å². The van der Waals surface area contributed by atoms with E-state index in [1.807, 2.05) is 13.8 Å². The van der Waals surface area contributed by atoms with Crippen LogP contribution in [0.15, 0.2) is 16.6 Å². The van der Waals surface area contributed by atoms with Crippen LogP contribution < -0.4 is 0 Å². The van der Waals surface area contributed by atoms with Crippen LogP contribution in [-0.4, -0.2) is 28.9 Å². The van der Waals surface area contributed by atoms with Crippen molar-refractivity contribution < 1.29 is 14.7 Å². The maximum absolute atomic E-state index is 12.1. The lowest BCUT2D eigenvalue weighted by atomic mass is 9.93. The summed E-state index contributed by atoms with van der Waals surface area (Å²) in [5.74, 6) is -1.18. The number of carbonyl (C=O) groups excluding carboxylic acids is 1. The van der Waals surface area contributed by atoms with Crippen molar-refractivity contribution in [2.45, 2.75) is 19.4 Å². The maximum atomic E-state index is 12.1. The van der Waals surface area contributed by atoms with E-state index >= 15 is 0 Å². The zero-order valence-corrected chi connectivity index (χ0v) is 11.3. The average molecular weight is 298 g/mol. The second-order valence-corrected chi connectivity index (χ2v) is 5.46. The van der Waals surface area contributed by atoms with Gasteiger partial charge < -0.3 is 10.0 Å². The van der Waals surface area contributed by atoms with E-state index in [2.05, 4.69) is 15.9 Å². The first kappa shape index (κ1) is 12.1. The van der Waals surface area contributed by atoms with E-state index in [0.29, 0.717) is 10.0 Å². The Kier molecular flexibility index (Phi) is 2.54. The Hall–Kier alpha value is -1.36. The molecule has 0 aromatic heterocycles. The number of nitrogens with zero attached hydrogens (tertiary/aromatic N) is 1. The lowest BCUT2D eigenvalue weighted by Crippen LogP contribution is -2.35. The van der Waals surface area contributed by atoms with Crippen LogP contribution in [0.5, 0.6) is 0 Å². The summed E-state index contributed by atoms with van der Waals surface area (Å²) >= 11 is 3.35. The summed E-state index contributed by atoms with van der Waals surface area (Å²) in [6.07, 6.45) is 0. The summed E-state index contributed by atoms with van der Waals surface area (Å²) in [7, 11) is 1.72. The molecule has 4 nitrogen and oxygen atoms in total. The van der Waals surface area contributed by atoms with Crippen LogP contribution in [0.3, 0.4) is 0 Å². The van der Waals surface area contributed by atoms with Crippen LogP contribution in [-0.2, 0) is 5.54 Å². The predicted molar refractivity (Wildman–Crippen MR) is 66.2 cm³/mol. The molecule has 90 valence electrons. The van der Waals surface area contributed by atoms with Crippen molar-refractivity contribution >= 4 is 27.8 Å². The number of fused-ring (bicyclic) bond motifs is 1. The minimum atomic E-state index is -1.03. The molecule has 0 unspecified atom stereocenters. The monoisotopic (exact) mass is 297 g/mol. The van der Waals surface area contributed by atoms with Gasteiger partial charge in [0.05, 0.1) is 11.1 Å². The first-order chi connectivity index (χ1) is 7.76. The lowest BCUT2D eigenvalue weighted by molar-refractivity contribution is 0.0688. The fraction of sp³-hybridized carbons (Fsp3) is 0.333. The van der Waals surface area contributed by atoms with Gasteiger partial charge in [0.1, 0.15) is 0 Å². The van der Waals surface area contributed by atoms with E-state index in [9.17, 15) is 9.59 Å². The molecule has 1 heterocycles. The third kappa shape index (κ3) is 1.57. The molecule has 0 saturated heterocycles. The standard InChI is InChI=1S/C12H12BrNO3/c1-12(2)9-7(10(15)14(12)3)4-6(11(16)17)5-8(9)13/h4-5H,1-3H3,(H,16,17). The zero-order valence-electron chi connectivity index (χ0n) is 9.74. The normalized spacial score (nSPS) is 17.2. The van der Waals surface area contributed by atoms with Gasteiger partial charge in [0, 0.05) is 22.6 Å². The number of aromatic carboxylic acids is 1. The number of halogens is 1. The average Bonchev–Trinajstić information content (AvgIpc) is 2.40. The molecule has 0 spiro atoms. The number of carbonyl (C=O) groups is 2. The van der Waals surface area contributed by atoms with E-state index in [1.165, 1.54) is 12.1 Å². The molecule has 5 heteroatoms. The van der Waals surface area contributed by atoms with Crippen molar-refractivity contribution in [3.63, 3.8) is 0 Å². The molecule has 0 radical (unpaired) electrons. The molecule has 1 aliphatic heterocycles. The largest absolute Gasteiger partial charge is 0.478 e. The molecular formula is C12H12BrNO3. The van der Waals surface area contributed by atoms with E-state index < -0.39 is 11.5 Å². The molecule has 1 aliphatic rings. The Morgan fingerprint density at radius 2 is 2.00 bits per heavy atom. The van der Waals surface area contributed by atoms with E-state index in [1.54, 1.807) is 11.9 Å². The maximum Gasteiger partial charge on any atom is 0.335 e. The highest BCUT2D eigenvalue weighted by Crippen LogP contribution is 2.42. The van der Waals surface area contributed by atoms with Gasteiger partial charge in [0.15, 0.2) is 0 Å². The van der Waals surface area contributed by atoms with Gasteiger partial charge in [-0.2, -0.15) is 0 Å². The molecule has 0 saturated carbocycles. The Labute approximate surface area is 107 Å². The van der Waals surface area contributed by atoms with Gasteiger partial charge >= 0.3 is 5.97 Å². The van der Waals surface area contributed by atoms with Crippen LogP contribution in [0.2, 0.25) is 0 Å². The highest BCUT2D eigenvalue weighted by molar-refractivity contribution is 9.10. The van der Waals surface area contributed by atoms with Gasteiger partial charge in [-0.25, -0.2) is 4.79 Å². The van der Waals surface area contributed by atoms with Crippen molar-refractivity contribution in [2.24, 2.45) is 0 Å². The molecule has 1 amide bonds. The molecule has 0 fully saturated rings. The summed E-state index contributed by atoms with van der Waals surface area (Å²) in [4.78, 5) is 24.6. The Balaban J connectivity index is 2.75. The summed E-state index contributed by atoms with van der Waals surface area (Å²) in [6, 6.07) is 2.98. The van der Waals surface area contributed by atoms with E-state index in [4.69, 9.17) is 5.11 Å². The second kappa shape index (κ2) is 3.57. The third-order valence-electron chi connectivity index (χ3n) is 3.32. The van der Waals surface area contributed by atoms with Gasteiger partial charge in [-0.1, -0.05) is 15.9 Å². The van der Waals surface area contributed by atoms with Gasteiger partial charge in [-0.3, -0.25) is 4.79 Å². The Bertz CT molecular complexity index is 537. The highest BCUT2D eigenvalue weighted by Gasteiger charge is 2.42. The van der Waals surface area contributed by atoms with E-state index in [-0.39, 0.29) is 11.5 Å². The van der Waals surface area contributed by atoms with Crippen LogP contribution in [0.4, 0.5) is 0 Å². The summed E-state index contributed by atoms with van der Waals surface area (Å²) in [5, 5.41) is 8.98. The van der Waals surface area contributed by atoms with Gasteiger partial charge in [0.2, 0.25) is 0 Å². The fourth-order valence-electron chi connectivity index (χ4n) is 2.12. The number of hydrogen-bond donors (Lipinski definition) is 1. The van der Waals surface area contributed by atoms with Crippen LogP contribution in [0.25, 0.3) is 0 Å². The molecule has 17 heavy (non-hydrogen) atoms. The van der Waals surface area contributed by atoms with Crippen molar-refractivity contribution in [1.82, 2.24) is 4.90 Å². The fourth-order valence-corrected chi connectivity index (χ4v) is 3.07. The summed E-state index contributed by atoms with van der Waals surface area (Å²) in [6.45, 7) is 3.86. The number of hydrogen-bond acceptors (Lipinski definition) is 2. The Morgan fingerprint density at radius 1 is 1.41 bits per heavy atom. The van der Waals surface area contributed by atoms with Crippen molar-refractivity contribution in [3.8, 4) is 0 Å². The van der Waals surface area contributed by atoms with Crippen LogP contribution in [0.1, 0.15) is 40.1 Å². The van der Waals surface area contributed by atoms with Gasteiger partial charge in [-0.15, -0.1) is 0 Å². The molecule has 2 rings (SSSR count). The summed E-state index contributed by atoms with van der Waals surface area (Å²) < 4.78 is 0.662. The number of carboxylic acid groups (broad SMARTS) is 1. The number of rotatable bonds is 1. The minimum absolute atomic E-state index is 0.120. The smallest absolute Gasteiger partial charge is 0.335 e. The minimum Gasteiger partial charge on any atom is -0.478 e. The van der Waals surface area contributed by atoms with E-state index in [0.717, 1.165) is 5.56 Å². The Morgan fingerprint density at radius 3 is 2.53 bits per heavy atom. The topological polar surface area (TPSA) is 57.6 Å². The number of benzene rings is 1. The van der Waals surface area contributed by atoms with Gasteiger partial charge in [0.25, 0.3) is 5.91 Å². The summed E-state index contributed by atoms with van der Waals surface area (Å²) in [5.41, 5.74) is 0.997. The third-order valence-corrected chi connectivity index (χ3v) is 3.95. The lowest BCUT2D eigenvalue weighted by Gasteiger charge is -2.29. The SMILES string of the molecule is CN1C(=O)c2cc(C(=O)O)cc(Br)c2C1(C)C. The molecule has 0 bridgehead atoms. The number of amides is 1. The molecule has 1 aromatic carbocycles. The van der Waals surface area contributed by atoms with Crippen LogP contribution >= 0.6 is 15.9 Å². The highest BCUT2D eigenvalue weighted by atomic mass is 79.9. The van der Waals surface area contributed by atoms with Gasteiger partial charge in [-0.05, 0) is 26.0 Å². The zero-order chi connectivity index (χ0) is 13.0. The molecular weight excluding hydrogens is 286 g/mol. The quantitative estimate of drug-likeness (QED) is 0.866. The first-order valence-corrected chi connectivity index (χ1v) is 5.91. The van der Waals surface area contributed by atoms with Crippen molar-refractivity contribution in [3.05, 3.63) is 33.3 Å². The van der Waals surface area contributed by atoms with Crippen molar-refractivity contribution in [1.29, 1.82) is 0 Å². The molecule has 1 aromatic rings. The number of carboxylic acids is 1.